The molecule has 10 nitrogen and oxygen atoms in total. The third-order valence-corrected chi connectivity index (χ3v) is 8.54. The molecule has 6 rings (SSSR count). The van der Waals surface area contributed by atoms with Crippen LogP contribution >= 0.6 is 22.9 Å². The van der Waals surface area contributed by atoms with Gasteiger partial charge in [0, 0.05) is 42.7 Å². The number of amides is 1. The molecule has 3 aromatic heterocycles. The Morgan fingerprint density at radius 2 is 2.00 bits per heavy atom. The highest BCUT2D eigenvalue weighted by Crippen LogP contribution is 2.33. The number of nitrogens with zero attached hydrogens (tertiary/aromatic N) is 6. The molecule has 0 spiro atoms. The number of nitrogens with one attached hydrogen (secondary N) is 1. The number of rotatable bonds is 7. The molecule has 4 heterocycles. The highest BCUT2D eigenvalue weighted by Gasteiger charge is 2.33. The van der Waals surface area contributed by atoms with Crippen LogP contribution in [0.3, 0.4) is 0 Å². The maximum Gasteiger partial charge on any atom is 0.265 e. The summed E-state index contributed by atoms with van der Waals surface area (Å²) in [5.41, 5.74) is 1.01. The van der Waals surface area contributed by atoms with Gasteiger partial charge in [-0.05, 0) is 38.0 Å². The second-order valence-electron chi connectivity index (χ2n) is 10.0. The predicted octanol–water partition coefficient (Wildman–Crippen LogP) is 5.70. The monoisotopic (exact) mass is 613 g/mol. The molecule has 0 radical (unpaired) electrons. The van der Waals surface area contributed by atoms with Crippen LogP contribution < -0.4 is 14.8 Å². The summed E-state index contributed by atoms with van der Waals surface area (Å²) in [6.07, 6.45) is 2.93. The summed E-state index contributed by atoms with van der Waals surface area (Å²) in [5, 5.41) is 8.14. The number of ether oxygens (including phenoxy) is 2. The SMILES string of the molecule is COc1ccc(CNc2nc3c(F)cc(F)cc3c3nc([C@@H]4CC[C@H](C)N(C(=O)c5cnc(Cl)s5)C4)nn23)c(OC)c1. The number of thiazole rings is 1. The van der Waals surface area contributed by atoms with Gasteiger partial charge in [0.05, 0.1) is 25.8 Å². The molecule has 2 atom stereocenters. The Morgan fingerprint density at radius 3 is 2.74 bits per heavy atom. The quantitative estimate of drug-likeness (QED) is 0.249. The first-order valence-corrected chi connectivity index (χ1v) is 14.4. The van der Waals surface area contributed by atoms with Crippen molar-refractivity contribution >= 4 is 51.3 Å². The van der Waals surface area contributed by atoms with Crippen LogP contribution in [-0.2, 0) is 6.54 Å². The minimum Gasteiger partial charge on any atom is -0.497 e. The van der Waals surface area contributed by atoms with Crippen LogP contribution in [0.15, 0.2) is 36.5 Å². The number of likely N-dealkylation sites (tertiary alicyclic amines) is 1. The van der Waals surface area contributed by atoms with Crippen molar-refractivity contribution in [1.29, 1.82) is 0 Å². The first-order chi connectivity index (χ1) is 20.2. The Hall–Kier alpha value is -4.10. The summed E-state index contributed by atoms with van der Waals surface area (Å²) in [6.45, 7) is 2.62. The van der Waals surface area contributed by atoms with Crippen LogP contribution in [0, 0.1) is 11.6 Å². The normalized spacial score (nSPS) is 17.1. The van der Waals surface area contributed by atoms with E-state index >= 15 is 0 Å². The van der Waals surface area contributed by atoms with Crippen molar-refractivity contribution < 1.29 is 23.0 Å². The van der Waals surface area contributed by atoms with E-state index in [-0.39, 0.29) is 46.9 Å². The molecular formula is C28H26ClF2N7O3S. The van der Waals surface area contributed by atoms with Crippen molar-refractivity contribution in [3.8, 4) is 11.5 Å². The van der Waals surface area contributed by atoms with Gasteiger partial charge >= 0.3 is 0 Å². The molecule has 1 aliphatic heterocycles. The van der Waals surface area contributed by atoms with Gasteiger partial charge in [-0.15, -0.1) is 5.10 Å². The number of aromatic nitrogens is 5. The first-order valence-electron chi connectivity index (χ1n) is 13.2. The van der Waals surface area contributed by atoms with Crippen molar-refractivity contribution in [3.05, 3.63) is 68.9 Å². The molecule has 1 saturated heterocycles. The van der Waals surface area contributed by atoms with Gasteiger partial charge in [0.25, 0.3) is 5.91 Å². The third-order valence-electron chi connectivity index (χ3n) is 7.44. The van der Waals surface area contributed by atoms with E-state index in [1.54, 1.807) is 31.3 Å². The number of hydrogen-bond acceptors (Lipinski definition) is 9. The Balaban J connectivity index is 1.38. The van der Waals surface area contributed by atoms with Gasteiger partial charge in [-0.2, -0.15) is 4.52 Å². The highest BCUT2D eigenvalue weighted by molar-refractivity contribution is 7.17. The zero-order valence-electron chi connectivity index (χ0n) is 22.9. The van der Waals surface area contributed by atoms with Crippen LogP contribution in [0.2, 0.25) is 4.47 Å². The molecule has 218 valence electrons. The van der Waals surface area contributed by atoms with Crippen molar-refractivity contribution in [2.45, 2.75) is 38.3 Å². The lowest BCUT2D eigenvalue weighted by Crippen LogP contribution is -2.44. The van der Waals surface area contributed by atoms with Crippen LogP contribution in [0.1, 0.15) is 46.7 Å². The lowest BCUT2D eigenvalue weighted by atomic mass is 9.92. The van der Waals surface area contributed by atoms with Crippen molar-refractivity contribution in [2.24, 2.45) is 0 Å². The standard InChI is InChI=1S/C28H26ClF2N7O3S/c1-14-4-5-16(13-37(14)26(39)22-12-32-27(29)42-22)24-35-25-19-8-17(30)9-20(31)23(19)34-28(38(25)36-24)33-11-15-6-7-18(40-2)10-21(15)41-3/h6-10,12,14,16H,4-5,11,13H2,1-3H3,(H,33,34)/t14-,16+/m0/s1. The summed E-state index contributed by atoms with van der Waals surface area (Å²) in [5.74, 6) is -0.0303. The number of methoxy groups -OCH3 is 2. The van der Waals surface area contributed by atoms with Gasteiger partial charge < -0.3 is 19.7 Å². The predicted molar refractivity (Wildman–Crippen MR) is 155 cm³/mol. The molecule has 1 amide bonds. The van der Waals surface area contributed by atoms with Crippen molar-refractivity contribution in [1.82, 2.24) is 29.5 Å². The lowest BCUT2D eigenvalue weighted by molar-refractivity contribution is 0.0611. The number of carbonyl (C=O) groups excluding carboxylic acids is 1. The fourth-order valence-corrected chi connectivity index (χ4v) is 6.10. The molecule has 14 heteroatoms. The van der Waals surface area contributed by atoms with E-state index in [1.807, 2.05) is 13.0 Å². The van der Waals surface area contributed by atoms with Gasteiger partial charge in [-0.1, -0.05) is 22.9 Å². The topological polar surface area (TPSA) is 107 Å². The zero-order chi connectivity index (χ0) is 29.5. The van der Waals surface area contributed by atoms with Crippen LogP contribution in [0.5, 0.6) is 11.5 Å². The molecule has 0 saturated carbocycles. The van der Waals surface area contributed by atoms with Crippen LogP contribution in [0.25, 0.3) is 16.6 Å². The Kier molecular flexibility index (Phi) is 7.54. The number of fused-ring (bicyclic) bond motifs is 3. The highest BCUT2D eigenvalue weighted by atomic mass is 35.5. The molecule has 0 unspecified atom stereocenters. The molecule has 42 heavy (non-hydrogen) atoms. The van der Waals surface area contributed by atoms with Crippen molar-refractivity contribution in [2.75, 3.05) is 26.1 Å². The molecular weight excluding hydrogens is 588 g/mol. The molecule has 1 N–H and O–H groups in total. The second kappa shape index (κ2) is 11.3. The largest absolute Gasteiger partial charge is 0.497 e. The molecule has 1 fully saturated rings. The zero-order valence-corrected chi connectivity index (χ0v) is 24.5. The van der Waals surface area contributed by atoms with Gasteiger partial charge in [0.15, 0.2) is 21.8 Å². The van der Waals surface area contributed by atoms with E-state index in [0.717, 1.165) is 35.8 Å². The number of benzene rings is 2. The van der Waals surface area contributed by atoms with E-state index in [4.69, 9.17) is 31.2 Å². The Labute approximate surface area is 248 Å². The van der Waals surface area contributed by atoms with Gasteiger partial charge in [-0.3, -0.25) is 4.79 Å². The van der Waals surface area contributed by atoms with Gasteiger partial charge in [0.1, 0.15) is 27.7 Å². The minimum absolute atomic E-state index is 0.00551. The minimum atomic E-state index is -0.811. The van der Waals surface area contributed by atoms with E-state index in [0.29, 0.717) is 33.2 Å². The van der Waals surface area contributed by atoms with Gasteiger partial charge in [-0.25, -0.2) is 23.7 Å². The Bertz CT molecular complexity index is 1810. The lowest BCUT2D eigenvalue weighted by Gasteiger charge is -2.36. The summed E-state index contributed by atoms with van der Waals surface area (Å²) < 4.78 is 41.8. The number of hydrogen-bond donors (Lipinski definition) is 1. The third kappa shape index (κ3) is 5.18. The summed E-state index contributed by atoms with van der Waals surface area (Å²) in [7, 11) is 3.13. The maximum absolute atomic E-state index is 14.9. The first kappa shape index (κ1) is 28.0. The van der Waals surface area contributed by atoms with E-state index < -0.39 is 11.6 Å². The average Bonchev–Trinajstić information content (AvgIpc) is 3.63. The second-order valence-corrected chi connectivity index (χ2v) is 11.6. The van der Waals surface area contributed by atoms with E-state index in [1.165, 1.54) is 16.8 Å². The summed E-state index contributed by atoms with van der Waals surface area (Å²) in [4.78, 5) is 28.7. The summed E-state index contributed by atoms with van der Waals surface area (Å²) >= 11 is 7.10. The number of halogens is 3. The van der Waals surface area contributed by atoms with E-state index in [2.05, 4.69) is 15.3 Å². The molecule has 2 aromatic carbocycles. The average molecular weight is 614 g/mol. The molecule has 0 aliphatic carbocycles. The summed E-state index contributed by atoms with van der Waals surface area (Å²) in [6, 6.07) is 7.38. The molecule has 5 aromatic rings. The van der Waals surface area contributed by atoms with Gasteiger partial charge in [0.2, 0.25) is 5.95 Å². The molecule has 1 aliphatic rings. The van der Waals surface area contributed by atoms with Crippen LogP contribution in [-0.4, -0.2) is 62.2 Å². The van der Waals surface area contributed by atoms with Crippen LogP contribution in [0.4, 0.5) is 14.7 Å². The fraction of sp³-hybridized carbons (Fsp3) is 0.321. The maximum atomic E-state index is 14.9. The Morgan fingerprint density at radius 1 is 1.17 bits per heavy atom. The molecule has 0 bridgehead atoms. The number of anilines is 1. The number of piperidine rings is 1. The smallest absolute Gasteiger partial charge is 0.265 e. The van der Waals surface area contributed by atoms with E-state index in [9.17, 15) is 13.6 Å². The number of carbonyl (C=O) groups is 1. The fourth-order valence-electron chi connectivity index (χ4n) is 5.21. The van der Waals surface area contributed by atoms with Crippen molar-refractivity contribution in [3.63, 3.8) is 0 Å².